The van der Waals surface area contributed by atoms with Gasteiger partial charge in [-0.3, -0.25) is 9.59 Å². The average molecular weight is 472 g/mol. The number of hydrogen-bond donors (Lipinski definition) is 2. The lowest BCUT2D eigenvalue weighted by atomic mass is 9.48. The van der Waals surface area contributed by atoms with E-state index in [0.717, 1.165) is 49.0 Å². The molecule has 0 spiro atoms. The van der Waals surface area contributed by atoms with E-state index in [0.29, 0.717) is 24.1 Å². The summed E-state index contributed by atoms with van der Waals surface area (Å²) in [6.45, 7) is -0.366. The molecule has 2 unspecified atom stereocenters. The van der Waals surface area contributed by atoms with Gasteiger partial charge >= 0.3 is 5.97 Å². The Bertz CT molecular complexity index is 1240. The highest BCUT2D eigenvalue weighted by Crippen LogP contribution is 2.61. The molecule has 4 aliphatic carbocycles. The van der Waals surface area contributed by atoms with E-state index in [4.69, 9.17) is 9.84 Å². The summed E-state index contributed by atoms with van der Waals surface area (Å²) in [5, 5.41) is 18.5. The van der Waals surface area contributed by atoms with Gasteiger partial charge in [0.05, 0.1) is 22.4 Å². The minimum atomic E-state index is -0.749. The summed E-state index contributed by atoms with van der Waals surface area (Å²) in [4.78, 5) is 26.0. The molecule has 1 heterocycles. The van der Waals surface area contributed by atoms with Crippen molar-refractivity contribution in [3.63, 3.8) is 0 Å². The summed E-state index contributed by atoms with van der Waals surface area (Å²) >= 11 is 0. The van der Waals surface area contributed by atoms with E-state index in [1.807, 2.05) is 66.7 Å². The Kier molecular flexibility index (Phi) is 5.25. The highest BCUT2D eigenvalue weighted by Gasteiger charge is 2.60. The molecule has 4 bridgehead atoms. The van der Waals surface area contributed by atoms with Gasteiger partial charge in [-0.1, -0.05) is 48.5 Å². The zero-order chi connectivity index (χ0) is 24.0. The highest BCUT2D eigenvalue weighted by atomic mass is 16.5. The normalized spacial score (nSPS) is 28.6. The van der Waals surface area contributed by atoms with Crippen LogP contribution in [0.3, 0.4) is 0 Å². The van der Waals surface area contributed by atoms with Crippen molar-refractivity contribution in [1.29, 1.82) is 0 Å². The first-order chi connectivity index (χ1) is 16.9. The van der Waals surface area contributed by atoms with Crippen molar-refractivity contribution in [3.8, 4) is 16.9 Å². The van der Waals surface area contributed by atoms with Crippen molar-refractivity contribution >= 4 is 17.7 Å². The van der Waals surface area contributed by atoms with Crippen molar-refractivity contribution in [1.82, 2.24) is 9.78 Å². The number of carbonyl (C=O) groups is 2. The second-order valence-electron chi connectivity index (χ2n) is 10.6. The predicted molar refractivity (Wildman–Crippen MR) is 131 cm³/mol. The first-order valence-electron chi connectivity index (χ1n) is 12.3. The molecule has 180 valence electrons. The van der Waals surface area contributed by atoms with E-state index < -0.39 is 16.9 Å². The van der Waals surface area contributed by atoms with Gasteiger partial charge in [-0.15, -0.1) is 0 Å². The van der Waals surface area contributed by atoms with Crippen LogP contribution in [-0.2, 0) is 14.3 Å². The topological polar surface area (TPSA) is 93.5 Å². The van der Waals surface area contributed by atoms with Crippen LogP contribution in [-0.4, -0.2) is 39.0 Å². The zero-order valence-electron chi connectivity index (χ0n) is 19.5. The SMILES string of the molecule is O=C(COC(=O)C12CC3CC(CC(O)(C3)C1)C2)Nc1cc(-c2ccccc2)nn1-c1ccccc1. The van der Waals surface area contributed by atoms with Gasteiger partial charge in [-0.2, -0.15) is 5.10 Å². The molecule has 7 rings (SSSR count). The van der Waals surface area contributed by atoms with Gasteiger partial charge < -0.3 is 15.2 Å². The molecule has 2 atom stereocenters. The molecule has 2 N–H and O–H groups in total. The molecule has 7 heteroatoms. The summed E-state index contributed by atoms with van der Waals surface area (Å²) in [5.74, 6) is 0.485. The number of amides is 1. The fraction of sp³-hybridized carbons (Fsp3) is 0.393. The number of rotatable bonds is 6. The third kappa shape index (κ3) is 4.14. The third-order valence-corrected chi connectivity index (χ3v) is 7.84. The van der Waals surface area contributed by atoms with E-state index in [9.17, 15) is 14.7 Å². The molecule has 4 saturated carbocycles. The molecule has 3 aromatic rings. The van der Waals surface area contributed by atoms with E-state index in [1.54, 1.807) is 4.68 Å². The summed E-state index contributed by atoms with van der Waals surface area (Å²) in [6, 6.07) is 21.1. The van der Waals surface area contributed by atoms with Crippen LogP contribution in [0.15, 0.2) is 66.7 Å². The number of anilines is 1. The van der Waals surface area contributed by atoms with Gasteiger partial charge in [-0.05, 0) is 62.5 Å². The molecular formula is C28H29N3O4. The predicted octanol–water partition coefficient (Wildman–Crippen LogP) is 4.35. The van der Waals surface area contributed by atoms with Crippen molar-refractivity contribution in [2.24, 2.45) is 17.3 Å². The first kappa shape index (κ1) is 22.0. The van der Waals surface area contributed by atoms with Crippen molar-refractivity contribution < 1.29 is 19.4 Å². The van der Waals surface area contributed by atoms with Gasteiger partial charge in [-0.25, -0.2) is 4.68 Å². The maximum Gasteiger partial charge on any atom is 0.312 e. The lowest BCUT2D eigenvalue weighted by molar-refractivity contribution is -0.196. The number of para-hydroxylation sites is 1. The summed E-state index contributed by atoms with van der Waals surface area (Å²) < 4.78 is 7.23. The molecule has 0 aliphatic heterocycles. The average Bonchev–Trinajstić information content (AvgIpc) is 3.26. The lowest BCUT2D eigenvalue weighted by Gasteiger charge is -2.58. The highest BCUT2D eigenvalue weighted by molar-refractivity contribution is 5.93. The second kappa shape index (κ2) is 8.34. The van der Waals surface area contributed by atoms with Crippen LogP contribution in [0, 0.1) is 17.3 Å². The van der Waals surface area contributed by atoms with Crippen LogP contribution < -0.4 is 5.32 Å². The Balaban J connectivity index is 1.17. The Morgan fingerprint density at radius 3 is 2.31 bits per heavy atom. The molecule has 4 fully saturated rings. The monoisotopic (exact) mass is 471 g/mol. The number of esters is 1. The van der Waals surface area contributed by atoms with Gasteiger partial charge in [0.1, 0.15) is 5.82 Å². The number of aromatic nitrogens is 2. The summed E-state index contributed by atoms with van der Waals surface area (Å²) in [5.41, 5.74) is 1.07. The van der Waals surface area contributed by atoms with Crippen molar-refractivity contribution in [2.45, 2.75) is 44.1 Å². The number of carbonyl (C=O) groups excluding carboxylic acids is 2. The zero-order valence-corrected chi connectivity index (χ0v) is 19.5. The van der Waals surface area contributed by atoms with Crippen LogP contribution in [0.1, 0.15) is 38.5 Å². The van der Waals surface area contributed by atoms with Gasteiger partial charge in [0.2, 0.25) is 0 Å². The third-order valence-electron chi connectivity index (χ3n) is 7.84. The van der Waals surface area contributed by atoms with E-state index in [1.165, 1.54) is 0 Å². The van der Waals surface area contributed by atoms with Crippen molar-refractivity contribution in [3.05, 3.63) is 66.7 Å². The Labute approximate surface area is 204 Å². The quantitative estimate of drug-likeness (QED) is 0.522. The van der Waals surface area contributed by atoms with Crippen LogP contribution >= 0.6 is 0 Å². The largest absolute Gasteiger partial charge is 0.455 e. The standard InChI is InChI=1S/C28H29N3O4/c32-25(17-35-26(33)27-13-19-11-20(14-27)16-28(34,15-19)18-27)29-24-12-23(21-7-3-1-4-8-21)30-31(24)22-9-5-2-6-10-22/h1-10,12,19-20,34H,11,13-18H2,(H,29,32). The van der Waals surface area contributed by atoms with Crippen LogP contribution in [0.25, 0.3) is 16.9 Å². The molecule has 1 aromatic heterocycles. The molecule has 35 heavy (non-hydrogen) atoms. The van der Waals surface area contributed by atoms with Gasteiger partial charge in [0, 0.05) is 11.6 Å². The smallest absolute Gasteiger partial charge is 0.312 e. The molecule has 1 amide bonds. The van der Waals surface area contributed by atoms with Crippen LogP contribution in [0.2, 0.25) is 0 Å². The second-order valence-corrected chi connectivity index (χ2v) is 10.6. The number of hydrogen-bond acceptors (Lipinski definition) is 5. The number of aliphatic hydroxyl groups is 1. The summed E-state index contributed by atoms with van der Waals surface area (Å²) in [6.07, 6.45) is 4.62. The molecule has 4 aliphatic rings. The minimum absolute atomic E-state index is 0.346. The molecule has 7 nitrogen and oxygen atoms in total. The molecular weight excluding hydrogens is 442 g/mol. The van der Waals surface area contributed by atoms with Gasteiger partial charge in [0.15, 0.2) is 6.61 Å². The number of nitrogens with zero attached hydrogens (tertiary/aromatic N) is 2. The van der Waals surface area contributed by atoms with Crippen LogP contribution in [0.5, 0.6) is 0 Å². The molecule has 0 radical (unpaired) electrons. The van der Waals surface area contributed by atoms with Crippen LogP contribution in [0.4, 0.5) is 5.82 Å². The first-order valence-corrected chi connectivity index (χ1v) is 12.3. The Hall–Kier alpha value is -3.45. The molecule has 0 saturated heterocycles. The van der Waals surface area contributed by atoms with Crippen molar-refractivity contribution in [2.75, 3.05) is 11.9 Å². The van der Waals surface area contributed by atoms with E-state index >= 15 is 0 Å². The maximum atomic E-state index is 13.1. The number of ether oxygens (including phenoxy) is 1. The fourth-order valence-electron chi connectivity index (χ4n) is 6.90. The van der Waals surface area contributed by atoms with Gasteiger partial charge in [0.25, 0.3) is 5.91 Å². The fourth-order valence-corrected chi connectivity index (χ4v) is 6.90. The van der Waals surface area contributed by atoms with E-state index in [-0.39, 0.29) is 12.6 Å². The number of nitrogens with one attached hydrogen (secondary N) is 1. The Morgan fingerprint density at radius 1 is 1.00 bits per heavy atom. The summed E-state index contributed by atoms with van der Waals surface area (Å²) in [7, 11) is 0. The molecule has 2 aromatic carbocycles. The minimum Gasteiger partial charge on any atom is -0.455 e. The Morgan fingerprint density at radius 2 is 1.66 bits per heavy atom. The number of benzene rings is 2. The maximum absolute atomic E-state index is 13.1. The van der Waals surface area contributed by atoms with E-state index in [2.05, 4.69) is 5.32 Å². The lowest BCUT2D eigenvalue weighted by Crippen LogP contribution is -2.58.